The zero-order valence-corrected chi connectivity index (χ0v) is 12.6. The highest BCUT2D eigenvalue weighted by molar-refractivity contribution is 9.10. The molecular weight excluding hydrogens is 325 g/mol. The predicted molar refractivity (Wildman–Crippen MR) is 70.4 cm³/mol. The molecule has 0 atom stereocenters. The van der Waals surface area contributed by atoms with Crippen molar-refractivity contribution in [1.29, 1.82) is 0 Å². The first-order chi connectivity index (χ1) is 8.43. The summed E-state index contributed by atoms with van der Waals surface area (Å²) < 4.78 is 44.0. The summed E-state index contributed by atoms with van der Waals surface area (Å²) >= 11 is 3.07. The Morgan fingerprint density at radius 1 is 1.44 bits per heavy atom. The largest absolute Gasteiger partial charge is 0.383 e. The molecule has 0 unspecified atom stereocenters. The number of ether oxygens (including phenoxy) is 1. The molecule has 0 aliphatic rings. The average Bonchev–Trinajstić information content (AvgIpc) is 2.29. The summed E-state index contributed by atoms with van der Waals surface area (Å²) in [5.74, 6) is -0.485. The van der Waals surface area contributed by atoms with E-state index in [0.29, 0.717) is 13.2 Å². The third-order valence-electron chi connectivity index (χ3n) is 2.41. The van der Waals surface area contributed by atoms with Gasteiger partial charge in [0.05, 0.1) is 11.5 Å². The first-order valence-electron chi connectivity index (χ1n) is 5.37. The van der Waals surface area contributed by atoms with Crippen molar-refractivity contribution in [2.24, 2.45) is 0 Å². The van der Waals surface area contributed by atoms with Crippen LogP contribution in [0.3, 0.4) is 0 Å². The second kappa shape index (κ2) is 6.60. The van der Waals surface area contributed by atoms with Crippen LogP contribution in [-0.4, -0.2) is 39.5 Å². The summed E-state index contributed by atoms with van der Waals surface area (Å²) in [6, 6.07) is 3.52. The van der Waals surface area contributed by atoms with Crippen LogP contribution in [0.2, 0.25) is 0 Å². The number of likely N-dealkylation sites (N-methyl/N-ethyl adjacent to an activating group) is 1. The van der Waals surface area contributed by atoms with Crippen LogP contribution in [0.5, 0.6) is 0 Å². The summed E-state index contributed by atoms with van der Waals surface area (Å²) in [6.07, 6.45) is 0. The van der Waals surface area contributed by atoms with Gasteiger partial charge >= 0.3 is 0 Å². The lowest BCUT2D eigenvalue weighted by molar-refractivity contribution is 0.180. The van der Waals surface area contributed by atoms with E-state index >= 15 is 0 Å². The maximum atomic E-state index is 13.0. The first-order valence-corrected chi connectivity index (χ1v) is 7.61. The summed E-state index contributed by atoms with van der Waals surface area (Å²) in [5.41, 5.74) is 0. The van der Waals surface area contributed by atoms with Crippen molar-refractivity contribution >= 4 is 26.0 Å². The highest BCUT2D eigenvalue weighted by atomic mass is 79.9. The molecule has 0 bridgehead atoms. The zero-order chi connectivity index (χ0) is 13.8. The van der Waals surface area contributed by atoms with E-state index in [9.17, 15) is 12.8 Å². The lowest BCUT2D eigenvalue weighted by atomic mass is 10.3. The van der Waals surface area contributed by atoms with Gasteiger partial charge in [-0.3, -0.25) is 0 Å². The molecule has 0 radical (unpaired) electrons. The number of benzene rings is 1. The zero-order valence-electron chi connectivity index (χ0n) is 10.2. The van der Waals surface area contributed by atoms with Crippen molar-refractivity contribution in [2.45, 2.75) is 11.8 Å². The third-order valence-corrected chi connectivity index (χ3v) is 5.36. The number of hydrogen-bond acceptors (Lipinski definition) is 3. The monoisotopic (exact) mass is 339 g/mol. The van der Waals surface area contributed by atoms with Crippen LogP contribution < -0.4 is 0 Å². The number of nitrogens with zero attached hydrogens (tertiary/aromatic N) is 1. The quantitative estimate of drug-likeness (QED) is 0.798. The topological polar surface area (TPSA) is 46.6 Å². The van der Waals surface area contributed by atoms with E-state index in [0.717, 1.165) is 12.1 Å². The molecule has 0 saturated heterocycles. The highest BCUT2D eigenvalue weighted by Crippen LogP contribution is 2.25. The Bertz CT molecular complexity index is 507. The summed E-state index contributed by atoms with van der Waals surface area (Å²) in [5, 5.41) is 0. The molecule has 0 fully saturated rings. The van der Waals surface area contributed by atoms with E-state index in [1.54, 1.807) is 6.92 Å². The van der Waals surface area contributed by atoms with Crippen LogP contribution >= 0.6 is 15.9 Å². The Morgan fingerprint density at radius 3 is 2.61 bits per heavy atom. The van der Waals surface area contributed by atoms with Gasteiger partial charge in [-0.15, -0.1) is 0 Å². The molecule has 0 aliphatic carbocycles. The van der Waals surface area contributed by atoms with Gasteiger partial charge in [0.25, 0.3) is 0 Å². The van der Waals surface area contributed by atoms with E-state index in [4.69, 9.17) is 4.74 Å². The number of methoxy groups -OCH3 is 1. The van der Waals surface area contributed by atoms with Crippen molar-refractivity contribution in [3.05, 3.63) is 28.5 Å². The maximum Gasteiger partial charge on any atom is 0.244 e. The SMILES string of the molecule is CCN(CCOC)S(=O)(=O)c1ccc(F)cc1Br. The van der Waals surface area contributed by atoms with Gasteiger partial charge in [-0.1, -0.05) is 6.92 Å². The van der Waals surface area contributed by atoms with Crippen LogP contribution in [0.15, 0.2) is 27.6 Å². The Kier molecular flexibility index (Phi) is 5.71. The summed E-state index contributed by atoms with van der Waals surface area (Å²) in [6.45, 7) is 2.64. The molecule has 1 rings (SSSR count). The van der Waals surface area contributed by atoms with Gasteiger partial charge in [-0.2, -0.15) is 4.31 Å². The number of halogens is 2. The van der Waals surface area contributed by atoms with E-state index in [2.05, 4.69) is 15.9 Å². The van der Waals surface area contributed by atoms with Gasteiger partial charge in [-0.25, -0.2) is 12.8 Å². The predicted octanol–water partition coefficient (Wildman–Crippen LogP) is 2.25. The molecule has 102 valence electrons. The molecule has 18 heavy (non-hydrogen) atoms. The number of hydrogen-bond donors (Lipinski definition) is 0. The second-order valence-electron chi connectivity index (χ2n) is 3.56. The molecule has 0 aliphatic heterocycles. The van der Waals surface area contributed by atoms with Crippen LogP contribution in [-0.2, 0) is 14.8 Å². The lowest BCUT2D eigenvalue weighted by Gasteiger charge is -2.20. The smallest absolute Gasteiger partial charge is 0.244 e. The fourth-order valence-electron chi connectivity index (χ4n) is 1.46. The molecule has 0 aromatic heterocycles. The van der Waals surface area contributed by atoms with Gasteiger partial charge in [0.2, 0.25) is 10.0 Å². The molecule has 0 amide bonds. The van der Waals surface area contributed by atoms with E-state index in [-0.39, 0.29) is 15.9 Å². The van der Waals surface area contributed by atoms with Crippen LogP contribution in [0.4, 0.5) is 4.39 Å². The summed E-state index contributed by atoms with van der Waals surface area (Å²) in [7, 11) is -2.12. The summed E-state index contributed by atoms with van der Waals surface area (Å²) in [4.78, 5) is 0.0573. The number of sulfonamides is 1. The lowest BCUT2D eigenvalue weighted by Crippen LogP contribution is -2.34. The van der Waals surface area contributed by atoms with Crippen LogP contribution in [0.25, 0.3) is 0 Å². The molecule has 4 nitrogen and oxygen atoms in total. The minimum absolute atomic E-state index is 0.0573. The second-order valence-corrected chi connectivity index (χ2v) is 6.32. The first kappa shape index (κ1) is 15.6. The van der Waals surface area contributed by atoms with Crippen molar-refractivity contribution < 1.29 is 17.5 Å². The van der Waals surface area contributed by atoms with Gasteiger partial charge in [-0.05, 0) is 34.1 Å². The molecule has 0 N–H and O–H groups in total. The molecule has 1 aromatic carbocycles. The van der Waals surface area contributed by atoms with Gasteiger partial charge < -0.3 is 4.74 Å². The third kappa shape index (κ3) is 3.50. The Morgan fingerprint density at radius 2 is 2.11 bits per heavy atom. The highest BCUT2D eigenvalue weighted by Gasteiger charge is 2.25. The Hall–Kier alpha value is -0.500. The van der Waals surface area contributed by atoms with Crippen molar-refractivity contribution in [1.82, 2.24) is 4.31 Å². The van der Waals surface area contributed by atoms with E-state index in [1.807, 2.05) is 0 Å². The van der Waals surface area contributed by atoms with E-state index < -0.39 is 15.8 Å². The van der Waals surface area contributed by atoms with Crippen molar-refractivity contribution in [3.63, 3.8) is 0 Å². The molecular formula is C11H15BrFNO3S. The normalized spacial score (nSPS) is 12.1. The Balaban J connectivity index is 3.10. The molecule has 0 saturated carbocycles. The molecule has 0 spiro atoms. The van der Waals surface area contributed by atoms with Gasteiger partial charge in [0.15, 0.2) is 0 Å². The van der Waals surface area contributed by atoms with Crippen molar-refractivity contribution in [3.8, 4) is 0 Å². The van der Waals surface area contributed by atoms with Crippen LogP contribution in [0, 0.1) is 5.82 Å². The minimum Gasteiger partial charge on any atom is -0.383 e. The number of rotatable bonds is 6. The minimum atomic E-state index is -3.63. The van der Waals surface area contributed by atoms with Crippen LogP contribution in [0.1, 0.15) is 6.92 Å². The molecule has 1 aromatic rings. The molecule has 7 heteroatoms. The van der Waals surface area contributed by atoms with Gasteiger partial charge in [0, 0.05) is 24.7 Å². The standard InChI is InChI=1S/C11H15BrFNO3S/c1-3-14(6-7-17-2)18(15,16)11-5-4-9(13)8-10(11)12/h4-5,8H,3,6-7H2,1-2H3. The van der Waals surface area contributed by atoms with E-state index in [1.165, 1.54) is 17.5 Å². The average molecular weight is 340 g/mol. The van der Waals surface area contributed by atoms with Crippen molar-refractivity contribution in [2.75, 3.05) is 26.8 Å². The Labute approximate surface area is 115 Å². The fraction of sp³-hybridized carbons (Fsp3) is 0.455. The van der Waals surface area contributed by atoms with Gasteiger partial charge in [0.1, 0.15) is 5.82 Å². The maximum absolute atomic E-state index is 13.0. The fourth-order valence-corrected chi connectivity index (χ4v) is 3.91. The molecule has 0 heterocycles.